The van der Waals surface area contributed by atoms with Gasteiger partial charge in [-0.05, 0) is 18.1 Å². The summed E-state index contributed by atoms with van der Waals surface area (Å²) in [7, 11) is 0. The van der Waals surface area contributed by atoms with Crippen LogP contribution in [0.2, 0.25) is 0 Å². The molecule has 0 saturated heterocycles. The van der Waals surface area contributed by atoms with Gasteiger partial charge in [-0.3, -0.25) is 5.43 Å². The van der Waals surface area contributed by atoms with E-state index < -0.39 is 11.7 Å². The maximum absolute atomic E-state index is 10.6. The standard InChI is InChI=1S/C11H15N3O3/c1-7-4-2-3-5-8(7)6-17-10(14-13)9(12)11(15)16/h2-5,14H,6,12-13H2,1H3,(H,15,16)/b10-9+. The van der Waals surface area contributed by atoms with E-state index in [1.165, 1.54) is 0 Å². The second-order valence-corrected chi connectivity index (χ2v) is 3.41. The third-order valence-corrected chi connectivity index (χ3v) is 2.24. The predicted molar refractivity (Wildman–Crippen MR) is 62.1 cm³/mol. The molecule has 1 aromatic carbocycles. The Balaban J connectivity index is 2.76. The highest BCUT2D eigenvalue weighted by molar-refractivity contribution is 5.85. The van der Waals surface area contributed by atoms with Crippen LogP contribution in [0.15, 0.2) is 35.8 Å². The van der Waals surface area contributed by atoms with Crippen molar-refractivity contribution < 1.29 is 14.6 Å². The van der Waals surface area contributed by atoms with Crippen molar-refractivity contribution in [2.45, 2.75) is 13.5 Å². The Morgan fingerprint density at radius 1 is 1.47 bits per heavy atom. The minimum absolute atomic E-state index is 0.152. The van der Waals surface area contributed by atoms with Gasteiger partial charge in [0.2, 0.25) is 5.88 Å². The molecule has 0 fully saturated rings. The zero-order valence-electron chi connectivity index (χ0n) is 9.43. The fourth-order valence-electron chi connectivity index (χ4n) is 1.22. The third kappa shape index (κ3) is 3.39. The third-order valence-electron chi connectivity index (χ3n) is 2.24. The molecular formula is C11H15N3O3. The van der Waals surface area contributed by atoms with Gasteiger partial charge >= 0.3 is 5.97 Å². The molecule has 0 radical (unpaired) electrons. The van der Waals surface area contributed by atoms with Crippen LogP contribution in [0, 0.1) is 6.92 Å². The van der Waals surface area contributed by atoms with Gasteiger partial charge in [0, 0.05) is 0 Å². The highest BCUT2D eigenvalue weighted by Crippen LogP contribution is 2.10. The lowest BCUT2D eigenvalue weighted by Crippen LogP contribution is -2.29. The van der Waals surface area contributed by atoms with Crippen LogP contribution < -0.4 is 17.0 Å². The molecule has 92 valence electrons. The number of hydrogen-bond donors (Lipinski definition) is 4. The molecule has 1 rings (SSSR count). The number of aryl methyl sites for hydroxylation is 1. The molecule has 0 unspecified atom stereocenters. The smallest absolute Gasteiger partial charge is 0.357 e. The maximum atomic E-state index is 10.6. The molecule has 6 nitrogen and oxygen atoms in total. The van der Waals surface area contributed by atoms with Crippen LogP contribution in [-0.4, -0.2) is 11.1 Å². The summed E-state index contributed by atoms with van der Waals surface area (Å²) < 4.78 is 5.22. The molecule has 0 bridgehead atoms. The summed E-state index contributed by atoms with van der Waals surface area (Å²) in [5.41, 5.74) is 8.92. The van der Waals surface area contributed by atoms with Crippen molar-refractivity contribution in [2.24, 2.45) is 11.6 Å². The van der Waals surface area contributed by atoms with Crippen molar-refractivity contribution >= 4 is 5.97 Å². The first kappa shape index (κ1) is 12.9. The van der Waals surface area contributed by atoms with E-state index in [2.05, 4.69) is 5.43 Å². The van der Waals surface area contributed by atoms with Gasteiger partial charge in [0.15, 0.2) is 5.70 Å². The summed E-state index contributed by atoms with van der Waals surface area (Å²) in [5, 5.41) is 8.68. The normalized spacial score (nSPS) is 11.6. The van der Waals surface area contributed by atoms with E-state index >= 15 is 0 Å². The van der Waals surface area contributed by atoms with Crippen molar-refractivity contribution in [1.82, 2.24) is 5.43 Å². The van der Waals surface area contributed by atoms with Crippen LogP contribution in [0.5, 0.6) is 0 Å². The summed E-state index contributed by atoms with van der Waals surface area (Å²) in [6, 6.07) is 7.58. The lowest BCUT2D eigenvalue weighted by Gasteiger charge is -2.12. The summed E-state index contributed by atoms with van der Waals surface area (Å²) in [5.74, 6) is 3.70. The number of ether oxygens (including phenoxy) is 1. The van der Waals surface area contributed by atoms with Crippen LogP contribution in [0.3, 0.4) is 0 Å². The molecule has 0 atom stereocenters. The van der Waals surface area contributed by atoms with Crippen molar-refractivity contribution in [3.05, 3.63) is 47.0 Å². The number of nitrogens with one attached hydrogen (secondary N) is 1. The molecule has 1 aromatic rings. The predicted octanol–water partition coefficient (Wildman–Crippen LogP) is 0.187. The van der Waals surface area contributed by atoms with Gasteiger partial charge in [0.25, 0.3) is 0 Å². The molecule has 0 spiro atoms. The van der Waals surface area contributed by atoms with Crippen molar-refractivity contribution in [2.75, 3.05) is 0 Å². The molecule has 0 amide bonds. The van der Waals surface area contributed by atoms with Crippen LogP contribution in [0.4, 0.5) is 0 Å². The van der Waals surface area contributed by atoms with Gasteiger partial charge in [-0.2, -0.15) is 0 Å². The Morgan fingerprint density at radius 3 is 2.65 bits per heavy atom. The largest absolute Gasteiger partial charge is 0.476 e. The average Bonchev–Trinajstić information content (AvgIpc) is 2.31. The van der Waals surface area contributed by atoms with Gasteiger partial charge in [-0.15, -0.1) is 0 Å². The number of carbonyl (C=O) groups is 1. The van der Waals surface area contributed by atoms with Gasteiger partial charge in [-0.1, -0.05) is 24.3 Å². The van der Waals surface area contributed by atoms with Gasteiger partial charge in [0.05, 0.1) is 0 Å². The Bertz CT molecular complexity index is 443. The molecule has 17 heavy (non-hydrogen) atoms. The summed E-state index contributed by atoms with van der Waals surface area (Å²) >= 11 is 0. The highest BCUT2D eigenvalue weighted by atomic mass is 16.5. The van der Waals surface area contributed by atoms with Crippen LogP contribution in [0.25, 0.3) is 0 Å². The van der Waals surface area contributed by atoms with Crippen LogP contribution in [-0.2, 0) is 16.1 Å². The van der Waals surface area contributed by atoms with E-state index in [1.807, 2.05) is 31.2 Å². The van der Waals surface area contributed by atoms with E-state index in [4.69, 9.17) is 21.4 Å². The number of rotatable bonds is 5. The van der Waals surface area contributed by atoms with E-state index in [0.717, 1.165) is 11.1 Å². The molecule has 0 aliphatic carbocycles. The monoisotopic (exact) mass is 237 g/mol. The molecule has 0 aromatic heterocycles. The Labute approximate surface area is 98.8 Å². The lowest BCUT2D eigenvalue weighted by molar-refractivity contribution is -0.133. The van der Waals surface area contributed by atoms with Gasteiger partial charge < -0.3 is 15.6 Å². The number of carboxylic acids is 1. The average molecular weight is 237 g/mol. The van der Waals surface area contributed by atoms with Crippen LogP contribution in [0.1, 0.15) is 11.1 Å². The zero-order chi connectivity index (χ0) is 12.8. The number of hydrogen-bond acceptors (Lipinski definition) is 5. The fourth-order valence-corrected chi connectivity index (χ4v) is 1.22. The molecule has 6 heteroatoms. The Hall–Kier alpha value is -2.21. The SMILES string of the molecule is Cc1ccccc1CO/C(NN)=C(/N)C(=O)O. The second-order valence-electron chi connectivity index (χ2n) is 3.41. The molecule has 6 N–H and O–H groups in total. The molecule has 0 heterocycles. The minimum Gasteiger partial charge on any atom is -0.476 e. The van der Waals surface area contributed by atoms with E-state index in [1.54, 1.807) is 0 Å². The quantitative estimate of drug-likeness (QED) is 0.252. The van der Waals surface area contributed by atoms with Gasteiger partial charge in [-0.25, -0.2) is 10.6 Å². The Morgan fingerprint density at radius 2 is 2.12 bits per heavy atom. The van der Waals surface area contributed by atoms with E-state index in [-0.39, 0.29) is 12.5 Å². The van der Waals surface area contributed by atoms with E-state index in [0.29, 0.717) is 0 Å². The van der Waals surface area contributed by atoms with Crippen molar-refractivity contribution in [3.8, 4) is 0 Å². The molecule has 0 aliphatic heterocycles. The first-order valence-electron chi connectivity index (χ1n) is 4.93. The number of carboxylic acid groups (broad SMARTS) is 1. The lowest BCUT2D eigenvalue weighted by atomic mass is 10.1. The van der Waals surface area contributed by atoms with Crippen molar-refractivity contribution in [1.29, 1.82) is 0 Å². The zero-order valence-corrected chi connectivity index (χ0v) is 9.43. The van der Waals surface area contributed by atoms with Crippen LogP contribution >= 0.6 is 0 Å². The van der Waals surface area contributed by atoms with E-state index in [9.17, 15) is 4.79 Å². The highest BCUT2D eigenvalue weighted by Gasteiger charge is 2.11. The maximum Gasteiger partial charge on any atom is 0.357 e. The number of benzene rings is 1. The fraction of sp³-hybridized carbons (Fsp3) is 0.182. The molecule has 0 saturated carbocycles. The Kier molecular flexibility index (Phi) is 4.36. The summed E-state index contributed by atoms with van der Waals surface area (Å²) in [6.07, 6.45) is 0. The van der Waals surface area contributed by atoms with Crippen molar-refractivity contribution in [3.63, 3.8) is 0 Å². The molecular weight excluding hydrogens is 222 g/mol. The number of aliphatic carboxylic acids is 1. The second kappa shape index (κ2) is 5.76. The first-order chi connectivity index (χ1) is 8.06. The molecule has 0 aliphatic rings. The number of nitrogens with two attached hydrogens (primary N) is 2. The first-order valence-corrected chi connectivity index (χ1v) is 4.93. The topological polar surface area (TPSA) is 111 Å². The minimum atomic E-state index is -1.29. The summed E-state index contributed by atoms with van der Waals surface area (Å²) in [6.45, 7) is 2.12. The number of hydrazine groups is 1. The van der Waals surface area contributed by atoms with Gasteiger partial charge in [0.1, 0.15) is 6.61 Å². The summed E-state index contributed by atoms with van der Waals surface area (Å²) in [4.78, 5) is 10.6.